The lowest BCUT2D eigenvalue weighted by atomic mass is 9.93. The number of hydrogen-bond donors (Lipinski definition) is 3. The molecule has 0 saturated carbocycles. The smallest absolute Gasteiger partial charge is 0.222 e. The summed E-state index contributed by atoms with van der Waals surface area (Å²) >= 11 is 0. The lowest BCUT2D eigenvalue weighted by molar-refractivity contribution is -0.125. The predicted octanol–water partition coefficient (Wildman–Crippen LogP) is 0.0322. The third-order valence-electron chi connectivity index (χ3n) is 3.49. The summed E-state index contributed by atoms with van der Waals surface area (Å²) in [7, 11) is 0. The molecule has 0 aromatic carbocycles. The van der Waals surface area contributed by atoms with Crippen LogP contribution in [-0.4, -0.2) is 49.0 Å². The Bertz CT molecular complexity index is 228. The number of rotatable bonds is 6. The highest BCUT2D eigenvalue weighted by Crippen LogP contribution is 2.14. The molecule has 0 bridgehead atoms. The average Bonchev–Trinajstić information content (AvgIpc) is 2.37. The molecule has 1 aliphatic rings. The van der Waals surface area contributed by atoms with Crippen LogP contribution in [-0.2, 0) is 9.53 Å². The van der Waals surface area contributed by atoms with Gasteiger partial charge in [0.2, 0.25) is 5.91 Å². The Hall–Kier alpha value is -0.650. The first-order chi connectivity index (χ1) is 8.15. The molecule has 0 radical (unpaired) electrons. The molecule has 0 aromatic rings. The van der Waals surface area contributed by atoms with Crippen LogP contribution in [0.2, 0.25) is 0 Å². The van der Waals surface area contributed by atoms with Gasteiger partial charge in [0.25, 0.3) is 0 Å². The first kappa shape index (κ1) is 14.4. The molecule has 5 nitrogen and oxygen atoms in total. The van der Waals surface area contributed by atoms with Crippen molar-refractivity contribution < 1.29 is 14.6 Å². The molecule has 5 heteroatoms. The molecule has 100 valence electrons. The van der Waals surface area contributed by atoms with E-state index in [0.717, 1.165) is 19.4 Å². The molecule has 1 fully saturated rings. The van der Waals surface area contributed by atoms with E-state index in [0.29, 0.717) is 19.6 Å². The molecule has 1 amide bonds. The van der Waals surface area contributed by atoms with Gasteiger partial charge in [-0.3, -0.25) is 4.79 Å². The van der Waals surface area contributed by atoms with Gasteiger partial charge >= 0.3 is 0 Å². The molecular weight excluding hydrogens is 220 g/mol. The summed E-state index contributed by atoms with van der Waals surface area (Å²) in [5.74, 6) is -0.0225. The largest absolute Gasteiger partial charge is 0.394 e. The first-order valence-corrected chi connectivity index (χ1v) is 6.38. The van der Waals surface area contributed by atoms with Crippen LogP contribution in [0.3, 0.4) is 0 Å². The van der Waals surface area contributed by atoms with Crippen LogP contribution in [0.25, 0.3) is 0 Å². The summed E-state index contributed by atoms with van der Waals surface area (Å²) in [6.07, 6.45) is 1.88. The Balaban J connectivity index is 2.41. The van der Waals surface area contributed by atoms with Crippen molar-refractivity contribution in [2.24, 2.45) is 0 Å². The number of hydrogen-bond acceptors (Lipinski definition) is 4. The fourth-order valence-corrected chi connectivity index (χ4v) is 2.01. The lowest BCUT2D eigenvalue weighted by Crippen LogP contribution is -2.53. The highest BCUT2D eigenvalue weighted by atomic mass is 16.5. The van der Waals surface area contributed by atoms with Crippen molar-refractivity contribution in [3.8, 4) is 0 Å². The molecule has 0 spiro atoms. The van der Waals surface area contributed by atoms with Gasteiger partial charge < -0.3 is 20.5 Å². The van der Waals surface area contributed by atoms with Crippen molar-refractivity contribution in [2.75, 3.05) is 26.4 Å². The SMILES string of the molecule is CCC(CC)(CO)NC(=O)CC1COCCN1. The van der Waals surface area contributed by atoms with Crippen molar-refractivity contribution >= 4 is 5.91 Å². The summed E-state index contributed by atoms with van der Waals surface area (Å²) in [4.78, 5) is 11.9. The minimum atomic E-state index is -0.466. The highest BCUT2D eigenvalue weighted by molar-refractivity contribution is 5.77. The number of carbonyl (C=O) groups is 1. The normalized spacial score (nSPS) is 21.2. The van der Waals surface area contributed by atoms with Crippen molar-refractivity contribution in [1.82, 2.24) is 10.6 Å². The monoisotopic (exact) mass is 244 g/mol. The minimum Gasteiger partial charge on any atom is -0.394 e. The van der Waals surface area contributed by atoms with E-state index in [2.05, 4.69) is 10.6 Å². The Labute approximate surface area is 103 Å². The maximum atomic E-state index is 11.9. The number of nitrogens with one attached hydrogen (secondary N) is 2. The van der Waals surface area contributed by atoms with Gasteiger partial charge in [-0.05, 0) is 12.8 Å². The number of aliphatic hydroxyl groups is 1. The summed E-state index contributed by atoms with van der Waals surface area (Å²) in [5, 5.41) is 15.6. The van der Waals surface area contributed by atoms with E-state index in [1.54, 1.807) is 0 Å². The standard InChI is InChI=1S/C12H24N2O3/c1-3-12(4-2,9-15)14-11(16)7-10-8-17-6-5-13-10/h10,13,15H,3-9H2,1-2H3,(H,14,16). The summed E-state index contributed by atoms with van der Waals surface area (Å²) < 4.78 is 5.30. The van der Waals surface area contributed by atoms with Gasteiger partial charge in [0, 0.05) is 19.0 Å². The zero-order valence-electron chi connectivity index (χ0n) is 10.8. The molecule has 17 heavy (non-hydrogen) atoms. The molecule has 3 N–H and O–H groups in total. The molecule has 1 rings (SSSR count). The van der Waals surface area contributed by atoms with E-state index in [4.69, 9.17) is 4.74 Å². The Morgan fingerprint density at radius 2 is 2.24 bits per heavy atom. The van der Waals surface area contributed by atoms with Gasteiger partial charge in [0.1, 0.15) is 0 Å². The van der Waals surface area contributed by atoms with Crippen molar-refractivity contribution in [3.63, 3.8) is 0 Å². The fourth-order valence-electron chi connectivity index (χ4n) is 2.01. The Morgan fingerprint density at radius 3 is 2.71 bits per heavy atom. The topological polar surface area (TPSA) is 70.6 Å². The maximum absolute atomic E-state index is 11.9. The van der Waals surface area contributed by atoms with Crippen LogP contribution < -0.4 is 10.6 Å². The van der Waals surface area contributed by atoms with Gasteiger partial charge in [-0.15, -0.1) is 0 Å². The predicted molar refractivity (Wildman–Crippen MR) is 65.8 cm³/mol. The van der Waals surface area contributed by atoms with Gasteiger partial charge in [-0.25, -0.2) is 0 Å². The van der Waals surface area contributed by atoms with Crippen LogP contribution in [0.5, 0.6) is 0 Å². The molecule has 1 heterocycles. The number of amides is 1. The maximum Gasteiger partial charge on any atom is 0.222 e. The van der Waals surface area contributed by atoms with Crippen LogP contribution >= 0.6 is 0 Å². The molecule has 1 aliphatic heterocycles. The molecule has 1 saturated heterocycles. The second kappa shape index (κ2) is 6.93. The number of morpholine rings is 1. The van der Waals surface area contributed by atoms with Gasteiger partial charge in [0.05, 0.1) is 25.4 Å². The van der Waals surface area contributed by atoms with E-state index in [1.807, 2.05) is 13.8 Å². The number of aliphatic hydroxyl groups excluding tert-OH is 1. The zero-order valence-corrected chi connectivity index (χ0v) is 10.8. The molecule has 0 aromatic heterocycles. The summed E-state index contributed by atoms with van der Waals surface area (Å²) in [5.41, 5.74) is -0.466. The summed E-state index contributed by atoms with van der Waals surface area (Å²) in [6.45, 7) is 6.02. The number of carbonyl (C=O) groups excluding carboxylic acids is 1. The van der Waals surface area contributed by atoms with E-state index in [-0.39, 0.29) is 18.6 Å². The zero-order chi connectivity index (χ0) is 12.7. The third kappa shape index (κ3) is 4.26. The lowest BCUT2D eigenvalue weighted by Gasteiger charge is -2.32. The van der Waals surface area contributed by atoms with E-state index in [1.165, 1.54) is 0 Å². The van der Waals surface area contributed by atoms with Crippen LogP contribution in [0.4, 0.5) is 0 Å². The quantitative estimate of drug-likeness (QED) is 0.616. The molecule has 1 atom stereocenters. The van der Waals surface area contributed by atoms with E-state index in [9.17, 15) is 9.90 Å². The Morgan fingerprint density at radius 1 is 1.53 bits per heavy atom. The van der Waals surface area contributed by atoms with Crippen LogP contribution in [0.15, 0.2) is 0 Å². The van der Waals surface area contributed by atoms with Gasteiger partial charge in [-0.2, -0.15) is 0 Å². The van der Waals surface area contributed by atoms with Gasteiger partial charge in [0.15, 0.2) is 0 Å². The second-order valence-electron chi connectivity index (χ2n) is 4.62. The van der Waals surface area contributed by atoms with Crippen molar-refractivity contribution in [3.05, 3.63) is 0 Å². The van der Waals surface area contributed by atoms with Crippen LogP contribution in [0.1, 0.15) is 33.1 Å². The van der Waals surface area contributed by atoms with Gasteiger partial charge in [-0.1, -0.05) is 13.8 Å². The average molecular weight is 244 g/mol. The first-order valence-electron chi connectivity index (χ1n) is 6.38. The van der Waals surface area contributed by atoms with E-state index >= 15 is 0 Å². The van der Waals surface area contributed by atoms with Crippen molar-refractivity contribution in [2.45, 2.75) is 44.7 Å². The van der Waals surface area contributed by atoms with E-state index < -0.39 is 5.54 Å². The number of ether oxygens (including phenoxy) is 1. The summed E-state index contributed by atoms with van der Waals surface area (Å²) in [6, 6.07) is 0.0915. The molecule has 0 aliphatic carbocycles. The fraction of sp³-hybridized carbons (Fsp3) is 0.917. The Kier molecular flexibility index (Phi) is 5.88. The third-order valence-corrected chi connectivity index (χ3v) is 3.49. The highest BCUT2D eigenvalue weighted by Gasteiger charge is 2.28. The second-order valence-corrected chi connectivity index (χ2v) is 4.62. The minimum absolute atomic E-state index is 0.0136. The van der Waals surface area contributed by atoms with Crippen LogP contribution in [0, 0.1) is 0 Å². The molecule has 1 unspecified atom stereocenters. The van der Waals surface area contributed by atoms with Crippen molar-refractivity contribution in [1.29, 1.82) is 0 Å². The molecular formula is C12H24N2O3.